The minimum Gasteiger partial charge on any atom is -0.348 e. The molecule has 2 unspecified atom stereocenters. The summed E-state index contributed by atoms with van der Waals surface area (Å²) < 4.78 is 52.0. The average Bonchev–Trinajstić information content (AvgIpc) is 2.57. The third kappa shape index (κ3) is 4.82. The van der Waals surface area contributed by atoms with Gasteiger partial charge in [-0.15, -0.1) is 0 Å². The molecule has 1 N–H and O–H groups in total. The maximum atomic E-state index is 13.6. The van der Waals surface area contributed by atoms with Crippen LogP contribution in [0, 0.1) is 18.6 Å². The Kier molecular flexibility index (Phi) is 6.20. The first-order valence-corrected chi connectivity index (χ1v) is 10.2. The van der Waals surface area contributed by atoms with Crippen molar-refractivity contribution >= 4 is 21.6 Å². The Labute approximate surface area is 158 Å². The number of halogens is 2. The van der Waals surface area contributed by atoms with Gasteiger partial charge in [-0.3, -0.25) is 9.10 Å². The predicted octanol–water partition coefficient (Wildman–Crippen LogP) is 3.31. The Balaban J connectivity index is 2.30. The van der Waals surface area contributed by atoms with Gasteiger partial charge in [-0.1, -0.05) is 24.3 Å². The number of sulfonamides is 1. The first-order chi connectivity index (χ1) is 12.5. The lowest BCUT2D eigenvalue weighted by Gasteiger charge is -2.29. The zero-order valence-electron chi connectivity index (χ0n) is 15.5. The highest BCUT2D eigenvalue weighted by Crippen LogP contribution is 2.24. The molecule has 5 nitrogen and oxygen atoms in total. The third-order valence-corrected chi connectivity index (χ3v) is 5.50. The summed E-state index contributed by atoms with van der Waals surface area (Å²) in [5, 5.41) is 2.77. The van der Waals surface area contributed by atoms with E-state index in [0.717, 1.165) is 39.9 Å². The van der Waals surface area contributed by atoms with Crippen molar-refractivity contribution in [3.63, 3.8) is 0 Å². The largest absolute Gasteiger partial charge is 0.348 e. The molecule has 2 aromatic carbocycles. The smallest absolute Gasteiger partial charge is 0.244 e. The maximum absolute atomic E-state index is 13.6. The van der Waals surface area contributed by atoms with Crippen LogP contribution in [0.2, 0.25) is 0 Å². The van der Waals surface area contributed by atoms with Crippen LogP contribution >= 0.6 is 0 Å². The lowest BCUT2D eigenvalue weighted by atomic mass is 10.0. The number of aryl methyl sites for hydroxylation is 1. The molecule has 27 heavy (non-hydrogen) atoms. The van der Waals surface area contributed by atoms with Crippen molar-refractivity contribution in [3.8, 4) is 0 Å². The number of nitrogens with zero attached hydrogens (tertiary/aromatic N) is 1. The van der Waals surface area contributed by atoms with Crippen LogP contribution in [0.5, 0.6) is 0 Å². The quantitative estimate of drug-likeness (QED) is 0.815. The summed E-state index contributed by atoms with van der Waals surface area (Å²) in [6, 6.07) is 8.69. The van der Waals surface area contributed by atoms with Crippen molar-refractivity contribution in [2.24, 2.45) is 0 Å². The van der Waals surface area contributed by atoms with Gasteiger partial charge in [0.25, 0.3) is 0 Å². The van der Waals surface area contributed by atoms with E-state index in [4.69, 9.17) is 0 Å². The van der Waals surface area contributed by atoms with Gasteiger partial charge in [-0.05, 0) is 44.0 Å². The van der Waals surface area contributed by atoms with Crippen LogP contribution in [-0.4, -0.2) is 26.6 Å². The van der Waals surface area contributed by atoms with E-state index in [2.05, 4.69) is 5.32 Å². The molecule has 0 aliphatic rings. The van der Waals surface area contributed by atoms with Gasteiger partial charge < -0.3 is 5.32 Å². The van der Waals surface area contributed by atoms with E-state index in [-0.39, 0.29) is 11.7 Å². The Morgan fingerprint density at radius 3 is 2.26 bits per heavy atom. The molecule has 8 heteroatoms. The Bertz CT molecular complexity index is 948. The van der Waals surface area contributed by atoms with E-state index < -0.39 is 33.6 Å². The number of rotatable bonds is 6. The molecule has 0 radical (unpaired) electrons. The van der Waals surface area contributed by atoms with Crippen molar-refractivity contribution in [1.29, 1.82) is 0 Å². The van der Waals surface area contributed by atoms with Crippen LogP contribution < -0.4 is 9.62 Å². The number of hydrogen-bond donors (Lipinski definition) is 1. The molecule has 0 heterocycles. The van der Waals surface area contributed by atoms with Crippen molar-refractivity contribution < 1.29 is 22.0 Å². The molecule has 0 bridgehead atoms. The maximum Gasteiger partial charge on any atom is 0.244 e. The molecule has 146 valence electrons. The van der Waals surface area contributed by atoms with Crippen LogP contribution in [0.4, 0.5) is 14.5 Å². The minimum absolute atomic E-state index is 0.123. The topological polar surface area (TPSA) is 66.5 Å². The average molecular weight is 396 g/mol. The number of benzene rings is 2. The fourth-order valence-electron chi connectivity index (χ4n) is 2.92. The normalized spacial score (nSPS) is 13.7. The third-order valence-electron chi connectivity index (χ3n) is 4.26. The van der Waals surface area contributed by atoms with Gasteiger partial charge in [-0.25, -0.2) is 17.2 Å². The van der Waals surface area contributed by atoms with E-state index in [1.165, 1.54) is 6.92 Å². The summed E-state index contributed by atoms with van der Waals surface area (Å²) in [7, 11) is -3.92. The molecule has 2 rings (SSSR count). The van der Waals surface area contributed by atoms with Crippen LogP contribution in [0.25, 0.3) is 0 Å². The molecular weight excluding hydrogens is 374 g/mol. The number of carbonyl (C=O) groups is 1. The molecule has 0 fully saturated rings. The van der Waals surface area contributed by atoms with Gasteiger partial charge in [0.05, 0.1) is 18.0 Å². The molecule has 2 atom stereocenters. The molecule has 0 aliphatic heterocycles. The second kappa shape index (κ2) is 8.04. The molecule has 0 spiro atoms. The Hall–Kier alpha value is -2.48. The van der Waals surface area contributed by atoms with Gasteiger partial charge in [0.15, 0.2) is 11.6 Å². The highest BCUT2D eigenvalue weighted by Gasteiger charge is 2.30. The Morgan fingerprint density at radius 1 is 1.07 bits per heavy atom. The Morgan fingerprint density at radius 2 is 1.70 bits per heavy atom. The summed E-state index contributed by atoms with van der Waals surface area (Å²) >= 11 is 0. The molecule has 2 aromatic rings. The second-order valence-electron chi connectivity index (χ2n) is 6.42. The molecule has 0 saturated heterocycles. The van der Waals surface area contributed by atoms with E-state index in [0.29, 0.717) is 0 Å². The van der Waals surface area contributed by atoms with Crippen LogP contribution in [-0.2, 0) is 14.8 Å². The summed E-state index contributed by atoms with van der Waals surface area (Å²) in [6.45, 7) is 5.09. The molecule has 0 saturated carbocycles. The zero-order valence-corrected chi connectivity index (χ0v) is 16.3. The van der Waals surface area contributed by atoms with Gasteiger partial charge in [-0.2, -0.15) is 0 Å². The highest BCUT2D eigenvalue weighted by molar-refractivity contribution is 7.92. The van der Waals surface area contributed by atoms with Gasteiger partial charge in [0.2, 0.25) is 15.9 Å². The van der Waals surface area contributed by atoms with Gasteiger partial charge >= 0.3 is 0 Å². The molecule has 0 aliphatic carbocycles. The minimum atomic E-state index is -3.92. The van der Waals surface area contributed by atoms with Gasteiger partial charge in [0.1, 0.15) is 6.04 Å². The standard InChI is InChI=1S/C19H22F2N2O3S/c1-12-7-5-6-8-16(12)13(2)22-19(24)14(3)23(27(4,25)26)15-9-10-17(20)18(21)11-15/h5-11,13-14H,1-4H3,(H,22,24). The fourth-order valence-corrected chi connectivity index (χ4v) is 4.08. The van der Waals surface area contributed by atoms with Crippen molar-refractivity contribution in [1.82, 2.24) is 5.32 Å². The lowest BCUT2D eigenvalue weighted by Crippen LogP contribution is -2.48. The highest BCUT2D eigenvalue weighted by atomic mass is 32.2. The second-order valence-corrected chi connectivity index (χ2v) is 8.28. The lowest BCUT2D eigenvalue weighted by molar-refractivity contribution is -0.122. The summed E-state index contributed by atoms with van der Waals surface area (Å²) in [6.07, 6.45) is 0.906. The van der Waals surface area contributed by atoms with E-state index in [9.17, 15) is 22.0 Å². The van der Waals surface area contributed by atoms with Crippen molar-refractivity contribution in [3.05, 3.63) is 65.2 Å². The van der Waals surface area contributed by atoms with Gasteiger partial charge in [0, 0.05) is 6.07 Å². The van der Waals surface area contributed by atoms with Crippen LogP contribution in [0.15, 0.2) is 42.5 Å². The summed E-state index contributed by atoms with van der Waals surface area (Å²) in [5.74, 6) is -2.85. The zero-order chi connectivity index (χ0) is 20.4. The summed E-state index contributed by atoms with van der Waals surface area (Å²) in [5.41, 5.74) is 1.76. The number of anilines is 1. The summed E-state index contributed by atoms with van der Waals surface area (Å²) in [4.78, 5) is 12.7. The van der Waals surface area contributed by atoms with Crippen molar-refractivity contribution in [2.45, 2.75) is 32.9 Å². The molecular formula is C19H22F2N2O3S. The first kappa shape index (κ1) is 20.8. The fraction of sp³-hybridized carbons (Fsp3) is 0.316. The van der Waals surface area contributed by atoms with Crippen molar-refractivity contribution in [2.75, 3.05) is 10.6 Å². The predicted molar refractivity (Wildman–Crippen MR) is 101 cm³/mol. The van der Waals surface area contributed by atoms with E-state index in [1.807, 2.05) is 31.2 Å². The number of nitrogens with one attached hydrogen (secondary N) is 1. The van der Waals surface area contributed by atoms with Crippen LogP contribution in [0.3, 0.4) is 0 Å². The van der Waals surface area contributed by atoms with Crippen LogP contribution in [0.1, 0.15) is 31.0 Å². The molecule has 0 aromatic heterocycles. The number of amides is 1. The number of hydrogen-bond acceptors (Lipinski definition) is 3. The SMILES string of the molecule is Cc1ccccc1C(C)NC(=O)C(C)N(c1ccc(F)c(F)c1)S(C)(=O)=O. The number of carbonyl (C=O) groups excluding carboxylic acids is 1. The van der Waals surface area contributed by atoms with E-state index >= 15 is 0 Å². The monoisotopic (exact) mass is 396 g/mol. The first-order valence-electron chi connectivity index (χ1n) is 8.32. The van der Waals surface area contributed by atoms with E-state index in [1.54, 1.807) is 6.92 Å². The molecule has 1 amide bonds.